The first-order chi connectivity index (χ1) is 7.49. The second kappa shape index (κ2) is 4.07. The van der Waals surface area contributed by atoms with Crippen LogP contribution in [0.25, 0.3) is 0 Å². The van der Waals surface area contributed by atoms with Gasteiger partial charge < -0.3 is 10.3 Å². The van der Waals surface area contributed by atoms with Gasteiger partial charge in [0.25, 0.3) is 0 Å². The number of sulfonamides is 1. The molecule has 0 radical (unpaired) electrons. The van der Waals surface area contributed by atoms with Gasteiger partial charge in [0.15, 0.2) is 0 Å². The lowest BCUT2D eigenvalue weighted by Gasteiger charge is -2.25. The maximum absolute atomic E-state index is 11.8. The fourth-order valence-corrected chi connectivity index (χ4v) is 3.21. The summed E-state index contributed by atoms with van der Waals surface area (Å²) in [4.78, 5) is -0.0213. The topological polar surface area (TPSA) is 94.1 Å². The third kappa shape index (κ3) is 2.20. The Balaban J connectivity index is 2.17. The van der Waals surface area contributed by atoms with Crippen molar-refractivity contribution in [3.63, 3.8) is 0 Å². The normalized spacial score (nSPS) is 17.0. The van der Waals surface area contributed by atoms with Crippen molar-refractivity contribution in [3.05, 3.63) is 12.2 Å². The van der Waals surface area contributed by atoms with Gasteiger partial charge in [-0.25, -0.2) is 8.42 Å². The highest BCUT2D eigenvalue weighted by molar-refractivity contribution is 7.92. The largest absolute Gasteiger partial charge is 0.392 e. The maximum Gasteiger partial charge on any atom is 0.221 e. The minimum Gasteiger partial charge on any atom is -0.392 e. The number of hydrogen-bond donors (Lipinski definition) is 1. The van der Waals surface area contributed by atoms with E-state index in [1.807, 2.05) is 4.57 Å². The van der Waals surface area contributed by atoms with Gasteiger partial charge in [0.2, 0.25) is 10.0 Å². The highest BCUT2D eigenvalue weighted by atomic mass is 32.2. The van der Waals surface area contributed by atoms with Crippen LogP contribution >= 0.6 is 12.2 Å². The summed E-state index contributed by atoms with van der Waals surface area (Å²) in [5.74, 6) is 0.342. The number of aromatic nitrogens is 3. The van der Waals surface area contributed by atoms with E-state index in [1.165, 1.54) is 4.31 Å². The highest BCUT2D eigenvalue weighted by Gasteiger charge is 2.27. The lowest BCUT2D eigenvalue weighted by atomic mass is 10.4. The van der Waals surface area contributed by atoms with Crippen LogP contribution in [0.3, 0.4) is 0 Å². The number of rotatable bonds is 3. The molecule has 0 saturated carbocycles. The molecule has 2 rings (SSSR count). The first kappa shape index (κ1) is 11.4. The molecule has 2 N–H and O–H groups in total. The van der Waals surface area contributed by atoms with Crippen molar-refractivity contribution in [2.45, 2.75) is 13.1 Å². The molecule has 0 aromatic carbocycles. The van der Waals surface area contributed by atoms with Gasteiger partial charge in [0, 0.05) is 13.1 Å². The van der Waals surface area contributed by atoms with Crippen molar-refractivity contribution in [2.75, 3.05) is 12.3 Å². The third-order valence-electron chi connectivity index (χ3n) is 2.32. The van der Waals surface area contributed by atoms with Crippen LogP contribution in [0.15, 0.2) is 6.33 Å². The fourth-order valence-electron chi connectivity index (χ4n) is 1.55. The zero-order valence-electron chi connectivity index (χ0n) is 8.40. The van der Waals surface area contributed by atoms with Gasteiger partial charge in [0.05, 0.1) is 11.5 Å². The van der Waals surface area contributed by atoms with Gasteiger partial charge in [-0.3, -0.25) is 0 Å². The van der Waals surface area contributed by atoms with Crippen LogP contribution < -0.4 is 5.73 Å². The Kier molecular flexibility index (Phi) is 2.91. The van der Waals surface area contributed by atoms with Crippen molar-refractivity contribution in [1.82, 2.24) is 19.1 Å². The molecule has 0 amide bonds. The molecule has 0 saturated heterocycles. The highest BCUT2D eigenvalue weighted by Crippen LogP contribution is 2.13. The van der Waals surface area contributed by atoms with Gasteiger partial charge in [-0.05, 0) is 0 Å². The molecule has 7 nitrogen and oxygen atoms in total. The molecule has 1 aliphatic heterocycles. The lowest BCUT2D eigenvalue weighted by Crippen LogP contribution is -2.41. The quantitative estimate of drug-likeness (QED) is 0.680. The summed E-state index contributed by atoms with van der Waals surface area (Å²) in [7, 11) is -3.42. The minimum absolute atomic E-state index is 0.0213. The number of fused-ring (bicyclic) bond motifs is 1. The molecular weight excluding hydrogens is 250 g/mol. The standard InChI is InChI=1S/C7H11N5O2S2/c8-6(15)4-16(13,14)12-2-1-11-5-9-10-7(11)3-12/h5H,1-4H2,(H2,8,15). The Hall–Kier alpha value is -1.06. The Labute approximate surface area is 98.3 Å². The van der Waals surface area contributed by atoms with Crippen molar-refractivity contribution in [2.24, 2.45) is 5.73 Å². The lowest BCUT2D eigenvalue weighted by molar-refractivity contribution is 0.337. The number of nitrogens with two attached hydrogens (primary N) is 1. The van der Waals surface area contributed by atoms with Crippen LogP contribution in [-0.4, -0.2) is 44.8 Å². The van der Waals surface area contributed by atoms with Crippen LogP contribution in [0.1, 0.15) is 5.82 Å². The second-order valence-corrected chi connectivity index (χ2v) is 5.99. The van der Waals surface area contributed by atoms with Gasteiger partial charge >= 0.3 is 0 Å². The smallest absolute Gasteiger partial charge is 0.221 e. The molecule has 0 unspecified atom stereocenters. The van der Waals surface area contributed by atoms with Crippen molar-refractivity contribution >= 4 is 27.2 Å². The summed E-state index contributed by atoms with van der Waals surface area (Å²) >= 11 is 4.61. The average Bonchev–Trinajstić information content (AvgIpc) is 2.61. The number of hydrogen-bond acceptors (Lipinski definition) is 5. The van der Waals surface area contributed by atoms with E-state index < -0.39 is 10.0 Å². The molecule has 2 heterocycles. The summed E-state index contributed by atoms with van der Waals surface area (Å²) in [5, 5.41) is 7.56. The number of thiocarbonyl (C=S) groups is 1. The molecule has 0 aliphatic carbocycles. The molecule has 1 aliphatic rings. The van der Waals surface area contributed by atoms with E-state index in [9.17, 15) is 8.42 Å². The SMILES string of the molecule is NC(=S)CS(=O)(=O)N1CCn2cnnc2C1. The van der Waals surface area contributed by atoms with E-state index in [2.05, 4.69) is 22.4 Å². The molecule has 9 heteroatoms. The molecule has 0 bridgehead atoms. The van der Waals surface area contributed by atoms with E-state index in [-0.39, 0.29) is 17.3 Å². The van der Waals surface area contributed by atoms with Crippen LogP contribution in [0.4, 0.5) is 0 Å². The van der Waals surface area contributed by atoms with Gasteiger partial charge in [-0.2, -0.15) is 4.31 Å². The van der Waals surface area contributed by atoms with E-state index >= 15 is 0 Å². The summed E-state index contributed by atoms with van der Waals surface area (Å²) < 4.78 is 26.8. The molecule has 88 valence electrons. The Morgan fingerprint density at radius 1 is 1.56 bits per heavy atom. The van der Waals surface area contributed by atoms with Crippen molar-refractivity contribution in [3.8, 4) is 0 Å². The molecule has 0 spiro atoms. The summed E-state index contributed by atoms with van der Waals surface area (Å²) in [6.07, 6.45) is 1.59. The van der Waals surface area contributed by atoms with Crippen LogP contribution in [0.2, 0.25) is 0 Å². The van der Waals surface area contributed by atoms with Gasteiger partial charge in [-0.1, -0.05) is 12.2 Å². The minimum atomic E-state index is -3.42. The van der Waals surface area contributed by atoms with E-state index in [4.69, 9.17) is 5.73 Å². The van der Waals surface area contributed by atoms with E-state index in [1.54, 1.807) is 6.33 Å². The van der Waals surface area contributed by atoms with Crippen molar-refractivity contribution < 1.29 is 8.42 Å². The molecule has 0 atom stereocenters. The van der Waals surface area contributed by atoms with E-state index in [0.29, 0.717) is 18.9 Å². The Morgan fingerprint density at radius 2 is 2.31 bits per heavy atom. The summed E-state index contributed by atoms with van der Waals surface area (Å²) in [6, 6.07) is 0. The molecule has 1 aromatic rings. The number of nitrogens with zero attached hydrogens (tertiary/aromatic N) is 4. The van der Waals surface area contributed by atoms with E-state index in [0.717, 1.165) is 0 Å². The molecule has 0 fully saturated rings. The predicted molar refractivity (Wildman–Crippen MR) is 61.0 cm³/mol. The summed E-state index contributed by atoms with van der Waals surface area (Å²) in [5.41, 5.74) is 5.25. The van der Waals surface area contributed by atoms with Gasteiger partial charge in [-0.15, -0.1) is 10.2 Å². The molecular formula is C7H11N5O2S2. The second-order valence-electron chi connectivity index (χ2n) is 3.50. The first-order valence-electron chi connectivity index (χ1n) is 4.62. The first-order valence-corrected chi connectivity index (χ1v) is 6.63. The third-order valence-corrected chi connectivity index (χ3v) is 4.42. The van der Waals surface area contributed by atoms with Crippen molar-refractivity contribution in [1.29, 1.82) is 0 Å². The monoisotopic (exact) mass is 261 g/mol. The Morgan fingerprint density at radius 3 is 3.00 bits per heavy atom. The Bertz CT molecular complexity index is 509. The maximum atomic E-state index is 11.8. The van der Waals surface area contributed by atoms with Crippen LogP contribution in [0.5, 0.6) is 0 Å². The fraction of sp³-hybridized carbons (Fsp3) is 0.571. The van der Waals surface area contributed by atoms with Gasteiger partial charge in [0.1, 0.15) is 17.9 Å². The van der Waals surface area contributed by atoms with Crippen LogP contribution in [-0.2, 0) is 23.1 Å². The predicted octanol–water partition coefficient (Wildman–Crippen LogP) is -1.29. The zero-order valence-corrected chi connectivity index (χ0v) is 10.0. The van der Waals surface area contributed by atoms with Crippen LogP contribution in [0, 0.1) is 0 Å². The summed E-state index contributed by atoms with van der Waals surface area (Å²) in [6.45, 7) is 1.18. The molecule has 1 aromatic heterocycles. The average molecular weight is 261 g/mol. The molecule has 16 heavy (non-hydrogen) atoms. The zero-order chi connectivity index (χ0) is 11.8.